The molecule has 1 fully saturated rings. The molecule has 1 saturated heterocycles. The van der Waals surface area contributed by atoms with Crippen molar-refractivity contribution in [3.05, 3.63) is 52.3 Å². The number of carbonyl (C=O) groups is 2. The second-order valence-electron chi connectivity index (χ2n) is 7.52. The summed E-state index contributed by atoms with van der Waals surface area (Å²) in [6, 6.07) is 11.1. The number of benzene rings is 1. The van der Waals surface area contributed by atoms with Gasteiger partial charge in [0.25, 0.3) is 0 Å². The number of methoxy groups -OCH3 is 1. The van der Waals surface area contributed by atoms with Crippen molar-refractivity contribution in [2.45, 2.75) is 31.2 Å². The van der Waals surface area contributed by atoms with E-state index in [2.05, 4.69) is 47.5 Å². The van der Waals surface area contributed by atoms with Gasteiger partial charge in [0.15, 0.2) is 16.6 Å². The van der Waals surface area contributed by atoms with Crippen LogP contribution in [-0.2, 0) is 22.7 Å². The van der Waals surface area contributed by atoms with Gasteiger partial charge in [0.05, 0.1) is 20.2 Å². The van der Waals surface area contributed by atoms with Crippen LogP contribution >= 0.6 is 27.7 Å². The van der Waals surface area contributed by atoms with Crippen molar-refractivity contribution in [3.63, 3.8) is 0 Å². The highest BCUT2D eigenvalue weighted by Crippen LogP contribution is 2.31. The summed E-state index contributed by atoms with van der Waals surface area (Å²) in [6.07, 6.45) is 5.82. The van der Waals surface area contributed by atoms with Crippen LogP contribution in [0.2, 0.25) is 0 Å². The monoisotopic (exact) mass is 555 g/mol. The third-order valence-electron chi connectivity index (χ3n) is 5.11. The average molecular weight is 556 g/mol. The summed E-state index contributed by atoms with van der Waals surface area (Å²) in [4.78, 5) is 31.9. The minimum Gasteiger partial charge on any atom is -0.480 e. The van der Waals surface area contributed by atoms with Gasteiger partial charge < -0.3 is 10.1 Å². The van der Waals surface area contributed by atoms with Gasteiger partial charge in [0.2, 0.25) is 17.7 Å². The molecule has 0 radical (unpaired) electrons. The molecule has 1 N–H and O–H groups in total. The molecule has 1 aromatic carbocycles. The summed E-state index contributed by atoms with van der Waals surface area (Å²) >= 11 is 4.64. The van der Waals surface area contributed by atoms with Gasteiger partial charge >= 0.3 is 0 Å². The molecule has 4 rings (SSSR count). The molecule has 0 bridgehead atoms. The Morgan fingerprint density at radius 3 is 2.83 bits per heavy atom. The second kappa shape index (κ2) is 11.3. The number of aromatic nitrogens is 4. The normalized spacial score (nSPS) is 16.6. The molecule has 0 saturated carbocycles. The number of rotatable bonds is 9. The molecule has 1 unspecified atom stereocenters. The number of nitrogens with zero attached hydrogens (tertiary/aromatic N) is 6. The Hall–Kier alpha value is -3.43. The summed E-state index contributed by atoms with van der Waals surface area (Å²) in [5.41, 5.74) is 1.49. The van der Waals surface area contributed by atoms with E-state index >= 15 is 0 Å². The number of aliphatic imine (C=N–C) groups is 1. The molecule has 0 aliphatic carbocycles. The van der Waals surface area contributed by atoms with Crippen LogP contribution in [0.4, 0.5) is 0 Å². The number of amides is 2. The first-order chi connectivity index (χ1) is 17.0. The van der Waals surface area contributed by atoms with Gasteiger partial charge in [-0.1, -0.05) is 39.8 Å². The number of ether oxygens (including phenoxy) is 1. The summed E-state index contributed by atoms with van der Waals surface area (Å²) < 4.78 is 7.67. The highest BCUT2D eigenvalue weighted by Gasteiger charge is 2.39. The van der Waals surface area contributed by atoms with Crippen LogP contribution in [0.25, 0.3) is 5.65 Å². The molecule has 3 aromatic rings. The number of amidine groups is 1. The number of terminal acetylenes is 1. The maximum absolute atomic E-state index is 13.3. The SMILES string of the molecule is C#CCCN=C1SC(CC(=O)NCc2ccc(Br)cc2)C(=O)N1Cc1nnc2ccc(OC)nn12. The molecule has 2 amide bonds. The average Bonchev–Trinajstić information content (AvgIpc) is 3.39. The topological polar surface area (TPSA) is 114 Å². The van der Waals surface area contributed by atoms with E-state index in [0.29, 0.717) is 42.0 Å². The number of thioether (sulfide) groups is 1. The van der Waals surface area contributed by atoms with Gasteiger partial charge in [-0.15, -0.1) is 27.6 Å². The van der Waals surface area contributed by atoms with Gasteiger partial charge in [-0.25, -0.2) is 0 Å². The molecule has 1 aliphatic heterocycles. The summed E-state index contributed by atoms with van der Waals surface area (Å²) in [5.74, 6) is 2.93. The predicted molar refractivity (Wildman–Crippen MR) is 136 cm³/mol. The smallest absolute Gasteiger partial charge is 0.243 e. The highest BCUT2D eigenvalue weighted by atomic mass is 79.9. The molecule has 2 aromatic heterocycles. The predicted octanol–water partition coefficient (Wildman–Crippen LogP) is 2.43. The van der Waals surface area contributed by atoms with E-state index in [9.17, 15) is 9.59 Å². The number of fused-ring (bicyclic) bond motifs is 1. The number of halogens is 1. The molecule has 1 aliphatic rings. The molecule has 0 spiro atoms. The van der Waals surface area contributed by atoms with Crippen molar-refractivity contribution in [2.24, 2.45) is 4.99 Å². The maximum atomic E-state index is 13.3. The van der Waals surface area contributed by atoms with Crippen LogP contribution in [0, 0.1) is 12.3 Å². The fourth-order valence-electron chi connectivity index (χ4n) is 3.33. The third-order valence-corrected chi connectivity index (χ3v) is 6.85. The molecule has 180 valence electrons. The molecular formula is C23H22BrN7O3S. The first-order valence-electron chi connectivity index (χ1n) is 10.7. The molecular weight excluding hydrogens is 534 g/mol. The van der Waals surface area contributed by atoms with Crippen LogP contribution in [0.1, 0.15) is 24.2 Å². The van der Waals surface area contributed by atoms with Crippen molar-refractivity contribution in [3.8, 4) is 18.2 Å². The van der Waals surface area contributed by atoms with Crippen molar-refractivity contribution in [2.75, 3.05) is 13.7 Å². The zero-order valence-corrected chi connectivity index (χ0v) is 21.3. The molecule has 3 heterocycles. The maximum Gasteiger partial charge on any atom is 0.243 e. The Bertz CT molecular complexity index is 1300. The van der Waals surface area contributed by atoms with Crippen molar-refractivity contribution >= 4 is 50.3 Å². The van der Waals surface area contributed by atoms with Gasteiger partial charge in [0.1, 0.15) is 5.25 Å². The van der Waals surface area contributed by atoms with E-state index in [4.69, 9.17) is 11.2 Å². The number of hydrogen-bond donors (Lipinski definition) is 1. The lowest BCUT2D eigenvalue weighted by Crippen LogP contribution is -2.35. The zero-order chi connectivity index (χ0) is 24.8. The summed E-state index contributed by atoms with van der Waals surface area (Å²) in [7, 11) is 1.52. The highest BCUT2D eigenvalue weighted by molar-refractivity contribution is 9.10. The van der Waals surface area contributed by atoms with Crippen molar-refractivity contribution in [1.29, 1.82) is 0 Å². The Morgan fingerprint density at radius 1 is 1.29 bits per heavy atom. The molecule has 12 heteroatoms. The van der Waals surface area contributed by atoms with Crippen molar-refractivity contribution < 1.29 is 14.3 Å². The standard InChI is InChI=1S/C23H22BrN7O3S/c1-3-4-11-25-23-30(14-19-28-27-18-9-10-21(34-2)29-31(18)19)22(33)17(35-23)12-20(32)26-13-15-5-7-16(24)8-6-15/h1,5-10,17H,4,11-14H2,2H3,(H,26,32). The Labute approximate surface area is 214 Å². The second-order valence-corrected chi connectivity index (χ2v) is 9.60. The van der Waals surface area contributed by atoms with Crippen molar-refractivity contribution in [1.82, 2.24) is 30.0 Å². The minimum atomic E-state index is -0.605. The lowest BCUT2D eigenvalue weighted by molar-refractivity contribution is -0.129. The van der Waals surface area contributed by atoms with Crippen LogP contribution in [0.3, 0.4) is 0 Å². The van der Waals surface area contributed by atoms with Gasteiger partial charge in [-0.05, 0) is 23.8 Å². The summed E-state index contributed by atoms with van der Waals surface area (Å²) in [5, 5.41) is 15.4. The molecule has 1 atom stereocenters. The Morgan fingerprint density at radius 2 is 2.09 bits per heavy atom. The first-order valence-corrected chi connectivity index (χ1v) is 12.4. The van der Waals surface area contributed by atoms with Gasteiger partial charge in [-0.2, -0.15) is 4.52 Å². The van der Waals surface area contributed by atoms with E-state index in [0.717, 1.165) is 10.0 Å². The van der Waals surface area contributed by atoms with Crippen LogP contribution in [-0.4, -0.2) is 60.6 Å². The lowest BCUT2D eigenvalue weighted by atomic mass is 10.2. The zero-order valence-electron chi connectivity index (χ0n) is 18.8. The van der Waals surface area contributed by atoms with E-state index < -0.39 is 5.25 Å². The van der Waals surface area contributed by atoms with Gasteiger partial charge in [-0.3, -0.25) is 19.5 Å². The third kappa shape index (κ3) is 5.98. The Kier molecular flexibility index (Phi) is 7.99. The summed E-state index contributed by atoms with van der Waals surface area (Å²) in [6.45, 7) is 0.848. The number of nitrogens with one attached hydrogen (secondary N) is 1. The molecule has 35 heavy (non-hydrogen) atoms. The van der Waals surface area contributed by atoms with E-state index in [1.54, 1.807) is 12.1 Å². The van der Waals surface area contributed by atoms with Crippen LogP contribution in [0.15, 0.2) is 45.9 Å². The quantitative estimate of drug-likeness (QED) is 0.318. The lowest BCUT2D eigenvalue weighted by Gasteiger charge is -2.15. The number of carbonyl (C=O) groups excluding carboxylic acids is 2. The largest absolute Gasteiger partial charge is 0.480 e. The van der Waals surface area contributed by atoms with Crippen LogP contribution in [0.5, 0.6) is 5.88 Å². The van der Waals surface area contributed by atoms with Crippen LogP contribution < -0.4 is 10.1 Å². The minimum absolute atomic E-state index is 0.0251. The number of hydrogen-bond acceptors (Lipinski definition) is 8. The first kappa shape index (κ1) is 24.7. The van der Waals surface area contributed by atoms with E-state index in [1.165, 1.54) is 28.3 Å². The fraction of sp³-hybridized carbons (Fsp3) is 0.304. The Balaban J connectivity index is 1.47. The molecule has 10 nitrogen and oxygen atoms in total. The van der Waals surface area contributed by atoms with Gasteiger partial charge in [0, 0.05) is 29.9 Å². The van der Waals surface area contributed by atoms with E-state index in [-0.39, 0.29) is 24.8 Å². The fourth-order valence-corrected chi connectivity index (χ4v) is 4.76. The van der Waals surface area contributed by atoms with E-state index in [1.807, 2.05) is 24.3 Å².